The molecule has 0 aliphatic rings. The molecule has 2 rings (SSSR count). The summed E-state index contributed by atoms with van der Waals surface area (Å²) >= 11 is 0. The maximum absolute atomic E-state index is 9.36. The molecule has 6 nitrogen and oxygen atoms in total. The highest BCUT2D eigenvalue weighted by Gasteiger charge is 2.13. The van der Waals surface area contributed by atoms with Gasteiger partial charge in [0.2, 0.25) is 5.88 Å². The number of rotatable bonds is 1. The molecule has 0 bridgehead atoms. The Morgan fingerprint density at radius 2 is 2.00 bits per heavy atom. The van der Waals surface area contributed by atoms with E-state index in [1.54, 1.807) is 10.9 Å². The van der Waals surface area contributed by atoms with Crippen molar-refractivity contribution in [2.24, 2.45) is 0 Å². The van der Waals surface area contributed by atoms with Crippen molar-refractivity contribution in [1.29, 1.82) is 0 Å². The van der Waals surface area contributed by atoms with Crippen molar-refractivity contribution < 1.29 is 10.2 Å². The zero-order chi connectivity index (χ0) is 10.3. The third-order valence-electron chi connectivity index (χ3n) is 1.95. The van der Waals surface area contributed by atoms with Crippen LogP contribution in [-0.2, 0) is 0 Å². The molecule has 6 heteroatoms. The molecule has 2 N–H and O–H groups in total. The van der Waals surface area contributed by atoms with Crippen molar-refractivity contribution in [3.05, 3.63) is 6.33 Å². The average molecular weight is 194 g/mol. The molecular formula is C8H10N4O2. The van der Waals surface area contributed by atoms with E-state index >= 15 is 0 Å². The van der Waals surface area contributed by atoms with Crippen molar-refractivity contribution in [1.82, 2.24) is 19.5 Å². The Morgan fingerprint density at radius 3 is 2.64 bits per heavy atom. The Bertz CT molecular complexity index is 477. The molecule has 0 aliphatic carbocycles. The fourth-order valence-electron chi connectivity index (χ4n) is 1.27. The monoisotopic (exact) mass is 194 g/mol. The number of aromatic nitrogens is 4. The van der Waals surface area contributed by atoms with Gasteiger partial charge in [0.1, 0.15) is 0 Å². The summed E-state index contributed by atoms with van der Waals surface area (Å²) in [4.78, 5) is 11.2. The minimum absolute atomic E-state index is 0.161. The summed E-state index contributed by atoms with van der Waals surface area (Å²) < 4.78 is 1.75. The Labute approximate surface area is 79.9 Å². The third-order valence-corrected chi connectivity index (χ3v) is 1.95. The maximum Gasteiger partial charge on any atom is 0.319 e. The van der Waals surface area contributed by atoms with Gasteiger partial charge in [-0.2, -0.15) is 9.97 Å². The normalized spacial score (nSPS) is 11.4. The lowest BCUT2D eigenvalue weighted by molar-refractivity contribution is 0.402. The van der Waals surface area contributed by atoms with Crippen LogP contribution in [0.4, 0.5) is 0 Å². The molecule has 0 saturated heterocycles. The zero-order valence-corrected chi connectivity index (χ0v) is 7.84. The van der Waals surface area contributed by atoms with E-state index in [1.807, 2.05) is 13.8 Å². The summed E-state index contributed by atoms with van der Waals surface area (Å²) in [6.07, 6.45) is 1.56. The molecule has 0 fully saturated rings. The second-order valence-electron chi connectivity index (χ2n) is 3.27. The van der Waals surface area contributed by atoms with E-state index in [0.29, 0.717) is 11.2 Å². The molecule has 0 unspecified atom stereocenters. The van der Waals surface area contributed by atoms with E-state index in [9.17, 15) is 5.11 Å². The predicted molar refractivity (Wildman–Crippen MR) is 49.0 cm³/mol. The zero-order valence-electron chi connectivity index (χ0n) is 7.84. The van der Waals surface area contributed by atoms with E-state index in [4.69, 9.17) is 5.11 Å². The van der Waals surface area contributed by atoms with Gasteiger partial charge in [0.15, 0.2) is 11.2 Å². The van der Waals surface area contributed by atoms with Crippen LogP contribution >= 0.6 is 0 Å². The van der Waals surface area contributed by atoms with E-state index in [-0.39, 0.29) is 11.9 Å². The van der Waals surface area contributed by atoms with Gasteiger partial charge in [0.25, 0.3) is 0 Å². The predicted octanol–water partition coefficient (Wildman–Crippen LogP) is 0.818. The fourth-order valence-corrected chi connectivity index (χ4v) is 1.27. The summed E-state index contributed by atoms with van der Waals surface area (Å²) in [5, 5.41) is 18.5. The minimum Gasteiger partial charge on any atom is -0.492 e. The molecule has 0 aliphatic heterocycles. The third kappa shape index (κ3) is 1.15. The van der Waals surface area contributed by atoms with Crippen LogP contribution in [0.3, 0.4) is 0 Å². The van der Waals surface area contributed by atoms with Gasteiger partial charge in [-0.25, -0.2) is 4.98 Å². The lowest BCUT2D eigenvalue weighted by atomic mass is 10.4. The number of imidazole rings is 1. The Morgan fingerprint density at radius 1 is 1.29 bits per heavy atom. The van der Waals surface area contributed by atoms with Gasteiger partial charge in [-0.05, 0) is 13.8 Å². The first-order valence-corrected chi connectivity index (χ1v) is 4.22. The molecule has 0 atom stereocenters. The van der Waals surface area contributed by atoms with Crippen molar-refractivity contribution >= 4 is 11.2 Å². The highest BCUT2D eigenvalue weighted by atomic mass is 16.3. The van der Waals surface area contributed by atoms with Crippen LogP contribution in [0.25, 0.3) is 11.2 Å². The first kappa shape index (κ1) is 8.74. The summed E-state index contributed by atoms with van der Waals surface area (Å²) in [6, 6.07) is -0.286. The molecule has 2 aromatic heterocycles. The Kier molecular flexibility index (Phi) is 1.77. The summed E-state index contributed by atoms with van der Waals surface area (Å²) in [7, 11) is 0. The number of hydrogen-bond acceptors (Lipinski definition) is 5. The van der Waals surface area contributed by atoms with Gasteiger partial charge in [0.05, 0.1) is 6.33 Å². The maximum atomic E-state index is 9.36. The molecule has 2 aromatic rings. The number of nitrogens with zero attached hydrogens (tertiary/aromatic N) is 4. The molecule has 0 aromatic carbocycles. The quantitative estimate of drug-likeness (QED) is 0.702. The molecule has 0 saturated carbocycles. The standard InChI is InChI=1S/C8H10N4O2/c1-4(2)12-3-9-5-6(12)10-8(14)11-7(5)13/h3-4H,1-2H3,(H2,10,11,13,14). The SMILES string of the molecule is CC(C)n1cnc2c(O)nc(O)nc21. The summed E-state index contributed by atoms with van der Waals surface area (Å²) in [5.74, 6) is -0.299. The molecule has 0 amide bonds. The van der Waals surface area contributed by atoms with Crippen LogP contribution in [0.5, 0.6) is 11.9 Å². The van der Waals surface area contributed by atoms with Crippen LogP contribution in [0, 0.1) is 0 Å². The minimum atomic E-state index is -0.447. The molecule has 0 radical (unpaired) electrons. The van der Waals surface area contributed by atoms with E-state index in [1.165, 1.54) is 0 Å². The fraction of sp³-hybridized carbons (Fsp3) is 0.375. The van der Waals surface area contributed by atoms with Crippen molar-refractivity contribution in [3.8, 4) is 11.9 Å². The number of aromatic hydroxyl groups is 2. The molecule has 2 heterocycles. The van der Waals surface area contributed by atoms with Crippen LogP contribution in [-0.4, -0.2) is 29.7 Å². The summed E-state index contributed by atoms with van der Waals surface area (Å²) in [6.45, 7) is 3.91. The van der Waals surface area contributed by atoms with Crippen LogP contribution in [0.15, 0.2) is 6.33 Å². The summed E-state index contributed by atoms with van der Waals surface area (Å²) in [5.41, 5.74) is 0.738. The topological polar surface area (TPSA) is 84.1 Å². The van der Waals surface area contributed by atoms with Crippen molar-refractivity contribution in [2.75, 3.05) is 0 Å². The molecule has 74 valence electrons. The van der Waals surface area contributed by atoms with Gasteiger partial charge in [-0.15, -0.1) is 0 Å². The Hall–Kier alpha value is -1.85. The molecule has 14 heavy (non-hydrogen) atoms. The van der Waals surface area contributed by atoms with Crippen LogP contribution < -0.4 is 0 Å². The Balaban J connectivity index is 2.78. The molecule has 0 spiro atoms. The largest absolute Gasteiger partial charge is 0.492 e. The number of fused-ring (bicyclic) bond motifs is 1. The van der Waals surface area contributed by atoms with Crippen molar-refractivity contribution in [2.45, 2.75) is 19.9 Å². The lowest BCUT2D eigenvalue weighted by Crippen LogP contribution is -1.99. The van der Waals surface area contributed by atoms with Gasteiger partial charge >= 0.3 is 6.01 Å². The van der Waals surface area contributed by atoms with Gasteiger partial charge in [-0.1, -0.05) is 0 Å². The highest BCUT2D eigenvalue weighted by molar-refractivity contribution is 5.76. The first-order chi connectivity index (χ1) is 6.59. The second-order valence-corrected chi connectivity index (χ2v) is 3.27. The van der Waals surface area contributed by atoms with Gasteiger partial charge < -0.3 is 14.8 Å². The van der Waals surface area contributed by atoms with Crippen LogP contribution in [0.2, 0.25) is 0 Å². The molecular weight excluding hydrogens is 184 g/mol. The van der Waals surface area contributed by atoms with E-state index in [0.717, 1.165) is 0 Å². The van der Waals surface area contributed by atoms with E-state index in [2.05, 4.69) is 15.0 Å². The number of hydrogen-bond donors (Lipinski definition) is 2. The smallest absolute Gasteiger partial charge is 0.319 e. The van der Waals surface area contributed by atoms with Crippen LogP contribution in [0.1, 0.15) is 19.9 Å². The van der Waals surface area contributed by atoms with Gasteiger partial charge in [0, 0.05) is 6.04 Å². The average Bonchev–Trinajstić information content (AvgIpc) is 2.47. The first-order valence-electron chi connectivity index (χ1n) is 4.22. The highest BCUT2D eigenvalue weighted by Crippen LogP contribution is 2.23. The van der Waals surface area contributed by atoms with Crippen molar-refractivity contribution in [3.63, 3.8) is 0 Å². The van der Waals surface area contributed by atoms with E-state index < -0.39 is 6.01 Å². The second kappa shape index (κ2) is 2.83. The lowest BCUT2D eigenvalue weighted by Gasteiger charge is -2.06. The van der Waals surface area contributed by atoms with Gasteiger partial charge in [-0.3, -0.25) is 0 Å².